The fraction of sp³-hybridized carbons (Fsp3) is 0.412. The minimum absolute atomic E-state index is 0.00165. The highest BCUT2D eigenvalue weighted by Gasteiger charge is 2.24. The number of amides is 1. The molecule has 2 rings (SSSR count). The Bertz CT molecular complexity index is 932. The van der Waals surface area contributed by atoms with Gasteiger partial charge in [-0.1, -0.05) is 0 Å². The van der Waals surface area contributed by atoms with Crippen molar-refractivity contribution in [1.82, 2.24) is 14.1 Å². The standard InChI is InChI=1S/C17H24N4O4S/c1-7-25-14-9-8-13(10-15(14)26(23,24)20(4)5)18-17(22)16-11(2)19-21(6)12(16)3/h8-10H,7H2,1-6H3,(H,18,22). The lowest BCUT2D eigenvalue weighted by Gasteiger charge is -2.16. The molecule has 0 spiro atoms. The summed E-state index contributed by atoms with van der Waals surface area (Å²) in [6, 6.07) is 4.55. The molecule has 0 fully saturated rings. The first-order valence-electron chi connectivity index (χ1n) is 8.10. The quantitative estimate of drug-likeness (QED) is 0.827. The van der Waals surface area contributed by atoms with Gasteiger partial charge in [0.05, 0.1) is 17.9 Å². The summed E-state index contributed by atoms with van der Waals surface area (Å²) in [5.74, 6) is -0.0987. The molecule has 0 bridgehead atoms. The summed E-state index contributed by atoms with van der Waals surface area (Å²) in [7, 11) is 0.924. The topological polar surface area (TPSA) is 93.5 Å². The molecule has 0 saturated carbocycles. The largest absolute Gasteiger partial charge is 0.492 e. The number of carbonyl (C=O) groups excluding carboxylic acids is 1. The summed E-state index contributed by atoms with van der Waals surface area (Å²) in [5, 5.41) is 6.97. The van der Waals surface area contributed by atoms with Gasteiger partial charge in [0.2, 0.25) is 10.0 Å². The summed E-state index contributed by atoms with van der Waals surface area (Å²) in [6.45, 7) is 5.66. The summed E-state index contributed by atoms with van der Waals surface area (Å²) in [4.78, 5) is 12.6. The van der Waals surface area contributed by atoms with Crippen molar-refractivity contribution >= 4 is 21.6 Å². The molecule has 26 heavy (non-hydrogen) atoms. The Balaban J connectivity index is 2.44. The predicted octanol–water partition coefficient (Wildman–Crippen LogP) is 1.94. The molecule has 1 heterocycles. The van der Waals surface area contributed by atoms with E-state index in [9.17, 15) is 13.2 Å². The van der Waals surface area contributed by atoms with Gasteiger partial charge in [-0.15, -0.1) is 0 Å². The number of rotatable bonds is 6. The van der Waals surface area contributed by atoms with Crippen LogP contribution in [0.4, 0.5) is 5.69 Å². The third-order valence-corrected chi connectivity index (χ3v) is 5.83. The lowest BCUT2D eigenvalue weighted by molar-refractivity contribution is 0.102. The lowest BCUT2D eigenvalue weighted by Crippen LogP contribution is -2.23. The Morgan fingerprint density at radius 3 is 2.46 bits per heavy atom. The first-order chi connectivity index (χ1) is 12.1. The molecule has 0 saturated heterocycles. The Kier molecular flexibility index (Phi) is 5.72. The van der Waals surface area contributed by atoms with Crippen LogP contribution in [0.1, 0.15) is 28.7 Å². The van der Waals surface area contributed by atoms with Crippen molar-refractivity contribution in [2.75, 3.05) is 26.0 Å². The number of hydrogen-bond acceptors (Lipinski definition) is 5. The van der Waals surface area contributed by atoms with Gasteiger partial charge in [-0.2, -0.15) is 5.10 Å². The first kappa shape index (κ1) is 19.9. The number of benzene rings is 1. The third-order valence-electron chi connectivity index (χ3n) is 4.00. The zero-order valence-electron chi connectivity index (χ0n) is 15.8. The van der Waals surface area contributed by atoms with Crippen molar-refractivity contribution in [3.05, 3.63) is 35.2 Å². The van der Waals surface area contributed by atoms with Gasteiger partial charge in [-0.05, 0) is 39.0 Å². The number of hydrogen-bond donors (Lipinski definition) is 1. The van der Waals surface area contributed by atoms with Gasteiger partial charge in [0.15, 0.2) is 0 Å². The molecule has 9 heteroatoms. The lowest BCUT2D eigenvalue weighted by atomic mass is 10.2. The maximum Gasteiger partial charge on any atom is 0.259 e. The van der Waals surface area contributed by atoms with E-state index in [1.165, 1.54) is 20.2 Å². The van der Waals surface area contributed by atoms with Crippen LogP contribution in [0, 0.1) is 13.8 Å². The molecule has 0 aliphatic carbocycles. The van der Waals surface area contributed by atoms with Crippen LogP contribution < -0.4 is 10.1 Å². The van der Waals surface area contributed by atoms with E-state index in [2.05, 4.69) is 10.4 Å². The number of carbonyl (C=O) groups is 1. The van der Waals surface area contributed by atoms with Crippen LogP contribution in [0.15, 0.2) is 23.1 Å². The van der Waals surface area contributed by atoms with Gasteiger partial charge >= 0.3 is 0 Å². The fourth-order valence-electron chi connectivity index (χ4n) is 2.55. The van der Waals surface area contributed by atoms with Crippen LogP contribution in [0.2, 0.25) is 0 Å². The molecule has 2 aromatic rings. The van der Waals surface area contributed by atoms with Gasteiger partial charge in [-0.25, -0.2) is 12.7 Å². The normalized spacial score (nSPS) is 11.7. The molecule has 0 aliphatic heterocycles. The first-order valence-corrected chi connectivity index (χ1v) is 9.54. The number of nitrogens with zero attached hydrogens (tertiary/aromatic N) is 3. The van der Waals surface area contributed by atoms with Crippen LogP contribution in [-0.2, 0) is 17.1 Å². The number of aryl methyl sites for hydroxylation is 2. The van der Waals surface area contributed by atoms with Crippen LogP contribution >= 0.6 is 0 Å². The number of sulfonamides is 1. The van der Waals surface area contributed by atoms with E-state index in [4.69, 9.17) is 4.74 Å². The van der Waals surface area contributed by atoms with Crippen LogP contribution in [0.25, 0.3) is 0 Å². The van der Waals surface area contributed by atoms with Crippen molar-refractivity contribution in [2.24, 2.45) is 7.05 Å². The molecular formula is C17H24N4O4S. The number of ether oxygens (including phenoxy) is 1. The van der Waals surface area contributed by atoms with E-state index in [0.29, 0.717) is 23.6 Å². The SMILES string of the molecule is CCOc1ccc(NC(=O)c2c(C)nn(C)c2C)cc1S(=O)(=O)N(C)C. The highest BCUT2D eigenvalue weighted by atomic mass is 32.2. The number of aromatic nitrogens is 2. The molecule has 1 N–H and O–H groups in total. The summed E-state index contributed by atoms with van der Waals surface area (Å²) >= 11 is 0. The third kappa shape index (κ3) is 3.73. The number of anilines is 1. The molecular weight excluding hydrogens is 356 g/mol. The summed E-state index contributed by atoms with van der Waals surface area (Å²) in [6.07, 6.45) is 0. The van der Waals surface area contributed by atoms with Gasteiger partial charge in [-0.3, -0.25) is 9.48 Å². The van der Waals surface area contributed by atoms with Crippen molar-refractivity contribution in [3.8, 4) is 5.75 Å². The zero-order valence-corrected chi connectivity index (χ0v) is 16.6. The second kappa shape index (κ2) is 7.46. The Labute approximate surface area is 153 Å². The molecule has 0 atom stereocenters. The molecule has 1 aromatic heterocycles. The molecule has 0 aliphatic rings. The molecule has 142 valence electrons. The molecule has 8 nitrogen and oxygen atoms in total. The van der Waals surface area contributed by atoms with Gasteiger partial charge in [0, 0.05) is 32.5 Å². The van der Waals surface area contributed by atoms with E-state index >= 15 is 0 Å². The average molecular weight is 380 g/mol. The van der Waals surface area contributed by atoms with E-state index in [1.807, 2.05) is 0 Å². The smallest absolute Gasteiger partial charge is 0.259 e. The second-order valence-corrected chi connectivity index (χ2v) is 8.13. The molecule has 0 radical (unpaired) electrons. The Morgan fingerprint density at radius 1 is 1.31 bits per heavy atom. The summed E-state index contributed by atoms with van der Waals surface area (Å²) < 4.78 is 33.3. The minimum Gasteiger partial charge on any atom is -0.492 e. The van der Waals surface area contributed by atoms with Crippen LogP contribution in [0.3, 0.4) is 0 Å². The van der Waals surface area contributed by atoms with Crippen molar-refractivity contribution in [2.45, 2.75) is 25.7 Å². The van der Waals surface area contributed by atoms with Gasteiger partial charge < -0.3 is 10.1 Å². The fourth-order valence-corrected chi connectivity index (χ4v) is 3.61. The summed E-state index contributed by atoms with van der Waals surface area (Å²) in [5.41, 5.74) is 2.17. The Morgan fingerprint density at radius 2 is 1.96 bits per heavy atom. The highest BCUT2D eigenvalue weighted by Crippen LogP contribution is 2.29. The van der Waals surface area contributed by atoms with Crippen LogP contribution in [-0.4, -0.2) is 49.1 Å². The van der Waals surface area contributed by atoms with Crippen molar-refractivity contribution < 1.29 is 17.9 Å². The van der Waals surface area contributed by atoms with Gasteiger partial charge in [0.25, 0.3) is 5.91 Å². The maximum absolute atomic E-state index is 12.6. The Hall–Kier alpha value is -2.39. The van der Waals surface area contributed by atoms with Gasteiger partial charge in [0.1, 0.15) is 10.6 Å². The second-order valence-electron chi connectivity index (χ2n) is 6.01. The van der Waals surface area contributed by atoms with E-state index in [1.54, 1.807) is 44.6 Å². The van der Waals surface area contributed by atoms with E-state index < -0.39 is 10.0 Å². The van der Waals surface area contributed by atoms with Crippen LogP contribution in [0.5, 0.6) is 5.75 Å². The minimum atomic E-state index is -3.72. The van der Waals surface area contributed by atoms with E-state index in [0.717, 1.165) is 10.00 Å². The number of nitrogens with one attached hydrogen (secondary N) is 1. The predicted molar refractivity (Wildman–Crippen MR) is 99.1 cm³/mol. The molecule has 1 aromatic carbocycles. The van der Waals surface area contributed by atoms with E-state index in [-0.39, 0.29) is 16.6 Å². The average Bonchev–Trinajstić information content (AvgIpc) is 2.81. The zero-order chi connectivity index (χ0) is 19.6. The maximum atomic E-state index is 12.6. The van der Waals surface area contributed by atoms with Crippen molar-refractivity contribution in [1.29, 1.82) is 0 Å². The monoisotopic (exact) mass is 380 g/mol. The van der Waals surface area contributed by atoms with Crippen molar-refractivity contribution in [3.63, 3.8) is 0 Å². The molecule has 0 unspecified atom stereocenters. The molecule has 1 amide bonds. The highest BCUT2D eigenvalue weighted by molar-refractivity contribution is 7.89.